The van der Waals surface area contributed by atoms with Crippen LogP contribution in [0.25, 0.3) is 0 Å². The van der Waals surface area contributed by atoms with Crippen LogP contribution in [-0.2, 0) is 0 Å². The fraction of sp³-hybridized carbons (Fsp3) is 0.125. The molecule has 1 aliphatic rings. The zero-order valence-corrected chi connectivity index (χ0v) is 13.4. The molecule has 2 nitrogen and oxygen atoms in total. The third-order valence-electron chi connectivity index (χ3n) is 3.11. The molecular weight excluding hydrogens is 332 g/mol. The normalized spacial score (nSPS) is 14.1. The predicted molar refractivity (Wildman–Crippen MR) is 92.0 cm³/mol. The van der Waals surface area contributed by atoms with Crippen LogP contribution in [-0.4, -0.2) is 17.0 Å². The van der Waals surface area contributed by atoms with Gasteiger partial charge in [0.2, 0.25) is 0 Å². The number of aliphatic imine (C=N–C) groups is 2. The van der Waals surface area contributed by atoms with Gasteiger partial charge in [-0.3, -0.25) is 4.99 Å². The predicted octanol–water partition coefficient (Wildman–Crippen LogP) is 5.37. The van der Waals surface area contributed by atoms with Crippen LogP contribution in [0.3, 0.4) is 0 Å². The molecule has 1 aliphatic heterocycles. The van der Waals surface area contributed by atoms with Crippen molar-refractivity contribution in [2.45, 2.75) is 6.42 Å². The van der Waals surface area contributed by atoms with E-state index in [4.69, 9.17) is 9.98 Å². The monoisotopic (exact) mass is 344 g/mol. The van der Waals surface area contributed by atoms with Gasteiger partial charge in [-0.05, 0) is 36.1 Å². The Hall–Kier alpha value is -1.39. The lowest BCUT2D eigenvalue weighted by molar-refractivity contribution is 1.45. The Balaban J connectivity index is 2.10. The second kappa shape index (κ2) is 5.94. The van der Waals surface area contributed by atoms with Gasteiger partial charge in [0, 0.05) is 10.9 Å². The van der Waals surface area contributed by atoms with Crippen molar-refractivity contribution in [1.82, 2.24) is 0 Å². The molecule has 3 rings (SSSR count). The Labute approximate surface area is 131 Å². The molecule has 20 heavy (non-hydrogen) atoms. The van der Waals surface area contributed by atoms with Crippen molar-refractivity contribution in [2.24, 2.45) is 9.98 Å². The summed E-state index contributed by atoms with van der Waals surface area (Å²) in [6.07, 6.45) is 2.84. The lowest BCUT2D eigenvalue weighted by Crippen LogP contribution is -2.05. The van der Waals surface area contributed by atoms with Gasteiger partial charge in [-0.1, -0.05) is 40.2 Å². The second-order valence-electron chi connectivity index (χ2n) is 4.44. The maximum Gasteiger partial charge on any atom is 0.0896 e. The van der Waals surface area contributed by atoms with Crippen LogP contribution < -0.4 is 0 Å². The molecule has 0 fully saturated rings. The van der Waals surface area contributed by atoms with E-state index in [0.29, 0.717) is 0 Å². The average Bonchev–Trinajstić information content (AvgIpc) is 2.67. The molecule has 0 N–H and O–H groups in total. The van der Waals surface area contributed by atoms with Gasteiger partial charge >= 0.3 is 0 Å². The largest absolute Gasteiger partial charge is 0.250 e. The summed E-state index contributed by atoms with van der Waals surface area (Å²) in [4.78, 5) is 9.52. The Kier molecular flexibility index (Phi) is 4.03. The molecule has 0 saturated heterocycles. The Morgan fingerprint density at radius 2 is 1.60 bits per heavy atom. The maximum absolute atomic E-state index is 4.81. The first-order valence-corrected chi connectivity index (χ1v) is 8.32. The number of hydrogen-bond acceptors (Lipinski definition) is 3. The van der Waals surface area contributed by atoms with E-state index in [2.05, 4.69) is 34.3 Å². The van der Waals surface area contributed by atoms with Gasteiger partial charge < -0.3 is 0 Å². The quantitative estimate of drug-likeness (QED) is 0.682. The van der Waals surface area contributed by atoms with Crippen LogP contribution in [0.1, 0.15) is 12.0 Å². The van der Waals surface area contributed by atoms with Crippen molar-refractivity contribution >= 4 is 49.8 Å². The number of fused-ring (bicyclic) bond motifs is 1. The van der Waals surface area contributed by atoms with E-state index in [1.54, 1.807) is 11.8 Å². The van der Waals surface area contributed by atoms with Gasteiger partial charge in [0.15, 0.2) is 0 Å². The maximum atomic E-state index is 4.81. The minimum absolute atomic E-state index is 0.775. The Bertz CT molecular complexity index is 690. The first-order valence-electron chi connectivity index (χ1n) is 6.30. The molecule has 1 heterocycles. The number of rotatable bonds is 1. The van der Waals surface area contributed by atoms with Crippen molar-refractivity contribution < 1.29 is 0 Å². The third kappa shape index (κ3) is 2.86. The van der Waals surface area contributed by atoms with Gasteiger partial charge in [0.1, 0.15) is 0 Å². The number of benzene rings is 2. The van der Waals surface area contributed by atoms with Crippen LogP contribution >= 0.6 is 27.7 Å². The van der Waals surface area contributed by atoms with E-state index in [0.717, 1.165) is 38.6 Å². The van der Waals surface area contributed by atoms with Crippen LogP contribution in [0.5, 0.6) is 0 Å². The Morgan fingerprint density at radius 3 is 2.25 bits per heavy atom. The van der Waals surface area contributed by atoms with Crippen molar-refractivity contribution in [3.05, 3.63) is 58.6 Å². The highest BCUT2D eigenvalue weighted by atomic mass is 79.9. The number of para-hydroxylation sites is 2. The summed E-state index contributed by atoms with van der Waals surface area (Å²) in [6, 6.07) is 16.3. The molecule has 0 bridgehead atoms. The lowest BCUT2D eigenvalue weighted by Gasteiger charge is -2.05. The number of thioether (sulfide) groups is 1. The summed E-state index contributed by atoms with van der Waals surface area (Å²) < 4.78 is 1.08. The summed E-state index contributed by atoms with van der Waals surface area (Å²) in [5.74, 6) is 0. The summed E-state index contributed by atoms with van der Waals surface area (Å²) >= 11 is 5.15. The summed E-state index contributed by atoms with van der Waals surface area (Å²) in [6.45, 7) is 0. The number of nitrogens with zero attached hydrogens (tertiary/aromatic N) is 2. The zero-order chi connectivity index (χ0) is 13.9. The second-order valence-corrected chi connectivity index (χ2v) is 6.24. The molecule has 0 saturated carbocycles. The van der Waals surface area contributed by atoms with Crippen molar-refractivity contribution in [3.8, 4) is 0 Å². The highest BCUT2D eigenvalue weighted by Crippen LogP contribution is 2.32. The van der Waals surface area contributed by atoms with Gasteiger partial charge in [0.25, 0.3) is 0 Å². The lowest BCUT2D eigenvalue weighted by atomic mass is 10.1. The molecule has 0 aliphatic carbocycles. The smallest absolute Gasteiger partial charge is 0.0896 e. The van der Waals surface area contributed by atoms with Crippen LogP contribution in [0, 0.1) is 0 Å². The summed E-state index contributed by atoms with van der Waals surface area (Å²) in [5.41, 5.74) is 4.10. The molecule has 2 aromatic rings. The molecule has 0 unspecified atom stereocenters. The summed E-state index contributed by atoms with van der Waals surface area (Å²) in [7, 11) is 0. The molecule has 0 radical (unpaired) electrons. The highest BCUT2D eigenvalue weighted by Gasteiger charge is 2.14. The van der Waals surface area contributed by atoms with E-state index in [-0.39, 0.29) is 0 Å². The first-order chi connectivity index (χ1) is 9.76. The average molecular weight is 345 g/mol. The minimum atomic E-state index is 0.775. The van der Waals surface area contributed by atoms with E-state index in [1.165, 1.54) is 0 Å². The minimum Gasteiger partial charge on any atom is -0.250 e. The van der Waals surface area contributed by atoms with Crippen LogP contribution in [0.15, 0.2) is 63.0 Å². The van der Waals surface area contributed by atoms with E-state index in [9.17, 15) is 0 Å². The standard InChI is InChI=1S/C16H13BrN2S/c1-20-16-10-15(11-6-8-12(17)9-7-11)18-13-4-2-3-5-14(13)19-16/h2-9H,10H2,1H3. The van der Waals surface area contributed by atoms with Crippen LogP contribution in [0.4, 0.5) is 11.4 Å². The fourth-order valence-corrected chi connectivity index (χ4v) is 2.82. The van der Waals surface area contributed by atoms with Crippen molar-refractivity contribution in [3.63, 3.8) is 0 Å². The molecule has 0 aromatic heterocycles. The van der Waals surface area contributed by atoms with Crippen molar-refractivity contribution in [1.29, 1.82) is 0 Å². The van der Waals surface area contributed by atoms with E-state index >= 15 is 0 Å². The first kappa shape index (κ1) is 13.6. The molecule has 2 aromatic carbocycles. The zero-order valence-electron chi connectivity index (χ0n) is 11.0. The van der Waals surface area contributed by atoms with E-state index in [1.807, 2.05) is 36.4 Å². The van der Waals surface area contributed by atoms with E-state index < -0.39 is 0 Å². The highest BCUT2D eigenvalue weighted by molar-refractivity contribution is 9.10. The SMILES string of the molecule is CSC1=Nc2ccccc2N=C(c2ccc(Br)cc2)C1. The number of halogens is 1. The molecular formula is C16H13BrN2S. The van der Waals surface area contributed by atoms with Gasteiger partial charge in [-0.15, -0.1) is 11.8 Å². The summed E-state index contributed by atoms with van der Waals surface area (Å²) in [5, 5.41) is 1.09. The third-order valence-corrected chi connectivity index (χ3v) is 4.35. The van der Waals surface area contributed by atoms with Crippen LogP contribution in [0.2, 0.25) is 0 Å². The molecule has 100 valence electrons. The van der Waals surface area contributed by atoms with Crippen molar-refractivity contribution in [2.75, 3.05) is 6.26 Å². The fourth-order valence-electron chi connectivity index (χ4n) is 2.08. The topological polar surface area (TPSA) is 24.7 Å². The molecule has 4 heteroatoms. The molecule has 0 amide bonds. The van der Waals surface area contributed by atoms with Gasteiger partial charge in [0.05, 0.1) is 22.1 Å². The molecule has 0 spiro atoms. The van der Waals surface area contributed by atoms with Gasteiger partial charge in [-0.25, -0.2) is 4.99 Å². The van der Waals surface area contributed by atoms with Gasteiger partial charge in [-0.2, -0.15) is 0 Å². The molecule has 0 atom stereocenters. The number of hydrogen-bond donors (Lipinski definition) is 0. The Morgan fingerprint density at radius 1 is 0.950 bits per heavy atom.